The number of thiol groups is 2. The normalized spacial score (nSPS) is 11.8. The van der Waals surface area contributed by atoms with E-state index in [2.05, 4.69) is 49.1 Å². The van der Waals surface area contributed by atoms with Crippen LogP contribution in [0.5, 0.6) is 0 Å². The van der Waals surface area contributed by atoms with E-state index in [1.165, 1.54) is 0 Å². The zero-order chi connectivity index (χ0) is 25.6. The zero-order valence-electron chi connectivity index (χ0n) is 20.0. The molecule has 2 aromatic carbocycles. The highest BCUT2D eigenvalue weighted by Crippen LogP contribution is 2.32. The van der Waals surface area contributed by atoms with Crippen LogP contribution < -0.4 is 0 Å². The van der Waals surface area contributed by atoms with Gasteiger partial charge in [0.25, 0.3) is 0 Å². The second-order valence-corrected chi connectivity index (χ2v) is 9.76. The molecule has 0 atom stereocenters. The summed E-state index contributed by atoms with van der Waals surface area (Å²) in [5, 5.41) is 10.3. The highest BCUT2D eigenvalue weighted by Gasteiger charge is 2.30. The van der Waals surface area contributed by atoms with Gasteiger partial charge in [0.05, 0.1) is 16.8 Å². The summed E-state index contributed by atoms with van der Waals surface area (Å²) in [6.45, 7) is 4.12. The molecule has 8 nitrogen and oxygen atoms in total. The van der Waals surface area contributed by atoms with Crippen LogP contribution in [0.1, 0.15) is 25.2 Å². The average molecular weight is 527 g/mol. The second kappa shape index (κ2) is 9.13. The van der Waals surface area contributed by atoms with E-state index in [4.69, 9.17) is 19.0 Å². The van der Waals surface area contributed by atoms with Crippen molar-refractivity contribution in [2.24, 2.45) is 0 Å². The van der Waals surface area contributed by atoms with Crippen LogP contribution in [0.2, 0.25) is 0 Å². The lowest BCUT2D eigenvalue weighted by Gasteiger charge is -2.19. The Bertz CT molecular complexity index is 1560. The molecule has 0 spiro atoms. The van der Waals surface area contributed by atoms with Gasteiger partial charge in [-0.25, -0.2) is 9.36 Å². The van der Waals surface area contributed by atoms with Gasteiger partial charge in [0.1, 0.15) is 0 Å². The molecule has 0 amide bonds. The zero-order valence-corrected chi connectivity index (χ0v) is 21.8. The lowest BCUT2D eigenvalue weighted by atomic mass is 9.86. The smallest absolute Gasteiger partial charge is 0.229 e. The first-order valence-electron chi connectivity index (χ1n) is 11.5. The van der Waals surface area contributed by atoms with Crippen LogP contribution in [0.25, 0.3) is 34.5 Å². The van der Waals surface area contributed by atoms with Crippen LogP contribution in [-0.4, -0.2) is 29.5 Å². The van der Waals surface area contributed by atoms with E-state index in [1.54, 1.807) is 9.36 Å². The molecule has 0 N–H and O–H groups in total. The number of aromatic nitrogens is 6. The standard InChI is InChI=1S/C27H22N6O2S2/c1-27(2,19-13-15-32(30-19)21-25(36)34-23(28-21)17-9-5-3-6-10-17)20-14-16-33(31-20)22-26(37)35-24(29-22)18-11-7-4-8-12-18/h3-16,36-37H,1-2H3. The first kappa shape index (κ1) is 23.4. The van der Waals surface area contributed by atoms with E-state index in [9.17, 15) is 0 Å². The van der Waals surface area contributed by atoms with Crippen molar-refractivity contribution in [2.75, 3.05) is 0 Å². The number of nitrogens with zero attached hydrogens (tertiary/aromatic N) is 6. The Kier molecular flexibility index (Phi) is 5.77. The van der Waals surface area contributed by atoms with Gasteiger partial charge in [-0.3, -0.25) is 0 Å². The van der Waals surface area contributed by atoms with Crippen molar-refractivity contribution < 1.29 is 8.83 Å². The molecule has 0 unspecified atom stereocenters. The van der Waals surface area contributed by atoms with Crippen LogP contribution in [-0.2, 0) is 5.41 Å². The van der Waals surface area contributed by atoms with Crippen LogP contribution in [0.15, 0.2) is 104 Å². The van der Waals surface area contributed by atoms with Gasteiger partial charge < -0.3 is 8.83 Å². The Balaban J connectivity index is 1.29. The Hall–Kier alpha value is -4.02. The summed E-state index contributed by atoms with van der Waals surface area (Å²) >= 11 is 8.97. The molecule has 0 radical (unpaired) electrons. The molecule has 37 heavy (non-hydrogen) atoms. The minimum Gasteiger partial charge on any atom is -0.428 e. The molecule has 184 valence electrons. The Morgan fingerprint density at radius 3 is 1.43 bits per heavy atom. The SMILES string of the molecule is CC(C)(c1ccn(-c2nc(-c3ccccc3)oc2S)n1)c1ccn(-c2nc(-c3ccccc3)oc2S)n1. The molecule has 6 aromatic rings. The van der Waals surface area contributed by atoms with Crippen molar-refractivity contribution >= 4 is 25.3 Å². The Morgan fingerprint density at radius 2 is 1.03 bits per heavy atom. The maximum Gasteiger partial charge on any atom is 0.229 e. The van der Waals surface area contributed by atoms with Crippen LogP contribution >= 0.6 is 25.3 Å². The highest BCUT2D eigenvalue weighted by atomic mass is 32.1. The van der Waals surface area contributed by atoms with Gasteiger partial charge in [-0.1, -0.05) is 36.4 Å². The molecule has 6 rings (SSSR count). The van der Waals surface area contributed by atoms with Gasteiger partial charge in [0.2, 0.25) is 33.6 Å². The maximum absolute atomic E-state index is 5.79. The quantitative estimate of drug-likeness (QED) is 0.249. The van der Waals surface area contributed by atoms with E-state index in [0.29, 0.717) is 33.6 Å². The fraction of sp³-hybridized carbons (Fsp3) is 0.111. The van der Waals surface area contributed by atoms with E-state index >= 15 is 0 Å². The molecule has 0 bridgehead atoms. The van der Waals surface area contributed by atoms with Crippen LogP contribution in [0.4, 0.5) is 0 Å². The summed E-state index contributed by atoms with van der Waals surface area (Å²) in [6.07, 6.45) is 3.69. The van der Waals surface area contributed by atoms with Gasteiger partial charge >= 0.3 is 0 Å². The van der Waals surface area contributed by atoms with Crippen molar-refractivity contribution in [2.45, 2.75) is 29.4 Å². The van der Waals surface area contributed by atoms with E-state index < -0.39 is 5.41 Å². The molecule has 0 aliphatic carbocycles. The van der Waals surface area contributed by atoms with Crippen LogP contribution in [0.3, 0.4) is 0 Å². The molecular formula is C27H22N6O2S2. The monoisotopic (exact) mass is 526 g/mol. The van der Waals surface area contributed by atoms with Gasteiger partial charge in [-0.2, -0.15) is 20.2 Å². The fourth-order valence-corrected chi connectivity index (χ4v) is 4.47. The molecule has 0 fully saturated rings. The summed E-state index contributed by atoms with van der Waals surface area (Å²) in [5.74, 6) is 2.01. The van der Waals surface area contributed by atoms with E-state index in [1.807, 2.05) is 85.2 Å². The number of hydrogen-bond acceptors (Lipinski definition) is 8. The van der Waals surface area contributed by atoms with Gasteiger partial charge in [0, 0.05) is 23.5 Å². The highest BCUT2D eigenvalue weighted by molar-refractivity contribution is 7.80. The summed E-state index contributed by atoms with van der Waals surface area (Å²) < 4.78 is 14.9. The predicted octanol–water partition coefficient (Wildman–Crippen LogP) is 6.27. The number of rotatable bonds is 6. The lowest BCUT2D eigenvalue weighted by molar-refractivity contribution is 0.481. The van der Waals surface area contributed by atoms with Gasteiger partial charge in [-0.05, 0) is 50.2 Å². The Morgan fingerprint density at radius 1 is 0.622 bits per heavy atom. The molecule has 10 heteroatoms. The predicted molar refractivity (Wildman–Crippen MR) is 145 cm³/mol. The first-order valence-corrected chi connectivity index (χ1v) is 12.4. The molecule has 0 saturated carbocycles. The third-order valence-electron chi connectivity index (χ3n) is 6.12. The van der Waals surface area contributed by atoms with E-state index in [0.717, 1.165) is 22.5 Å². The third-order valence-corrected chi connectivity index (χ3v) is 6.70. The van der Waals surface area contributed by atoms with Crippen molar-refractivity contribution in [1.29, 1.82) is 0 Å². The molecular weight excluding hydrogens is 504 g/mol. The first-order chi connectivity index (χ1) is 17.9. The van der Waals surface area contributed by atoms with E-state index in [-0.39, 0.29) is 0 Å². The Labute approximate surface area is 223 Å². The topological polar surface area (TPSA) is 87.7 Å². The van der Waals surface area contributed by atoms with Crippen LogP contribution in [0, 0.1) is 0 Å². The molecule has 4 heterocycles. The van der Waals surface area contributed by atoms with Gasteiger partial charge in [-0.15, -0.1) is 25.3 Å². The largest absolute Gasteiger partial charge is 0.428 e. The number of oxazole rings is 2. The lowest BCUT2D eigenvalue weighted by Crippen LogP contribution is -2.21. The molecule has 4 aromatic heterocycles. The summed E-state index contributed by atoms with van der Waals surface area (Å²) in [6, 6.07) is 23.2. The van der Waals surface area contributed by atoms with Crippen molar-refractivity contribution in [3.05, 3.63) is 96.6 Å². The van der Waals surface area contributed by atoms with Gasteiger partial charge in [0.15, 0.2) is 0 Å². The summed E-state index contributed by atoms with van der Waals surface area (Å²) in [5.41, 5.74) is 2.85. The molecule has 0 saturated heterocycles. The van der Waals surface area contributed by atoms with Crippen molar-refractivity contribution in [3.8, 4) is 34.5 Å². The number of benzene rings is 2. The van der Waals surface area contributed by atoms with Crippen molar-refractivity contribution in [3.63, 3.8) is 0 Å². The second-order valence-electron chi connectivity index (χ2n) is 8.94. The summed E-state index contributed by atoms with van der Waals surface area (Å²) in [7, 11) is 0. The molecule has 0 aliphatic heterocycles. The minimum absolute atomic E-state index is 0.386. The number of hydrogen-bond donors (Lipinski definition) is 2. The summed E-state index contributed by atoms with van der Waals surface area (Å²) in [4.78, 5) is 9.22. The molecule has 0 aliphatic rings. The maximum atomic E-state index is 5.79. The fourth-order valence-electron chi connectivity index (χ4n) is 4.00. The minimum atomic E-state index is -0.512. The average Bonchev–Trinajstić information content (AvgIpc) is 3.71. The van der Waals surface area contributed by atoms with Crippen molar-refractivity contribution in [1.82, 2.24) is 29.5 Å². The third kappa shape index (κ3) is 4.28.